The van der Waals surface area contributed by atoms with Crippen LogP contribution in [0.2, 0.25) is 0 Å². The quantitative estimate of drug-likeness (QED) is 0.563. The second-order valence-electron chi connectivity index (χ2n) is 9.72. The van der Waals surface area contributed by atoms with Gasteiger partial charge in [-0.3, -0.25) is 9.69 Å². The van der Waals surface area contributed by atoms with Crippen LogP contribution in [0.1, 0.15) is 59.0 Å². The Bertz CT molecular complexity index is 1160. The highest BCUT2D eigenvalue weighted by atomic mass is 19.1. The number of rotatable bonds is 5. The van der Waals surface area contributed by atoms with Gasteiger partial charge in [-0.2, -0.15) is 5.10 Å². The van der Waals surface area contributed by atoms with Gasteiger partial charge in [0.05, 0.1) is 17.4 Å². The number of nitrogens with zero attached hydrogens (tertiary/aromatic N) is 4. The largest absolute Gasteiger partial charge is 0.327 e. The molecule has 3 heterocycles. The Morgan fingerprint density at radius 1 is 0.970 bits per heavy atom. The molecular weight excluding hydrogens is 415 g/mol. The number of aryl methyl sites for hydroxylation is 1. The molecule has 33 heavy (non-hydrogen) atoms. The summed E-state index contributed by atoms with van der Waals surface area (Å²) in [4.78, 5) is 18.5. The van der Waals surface area contributed by atoms with Gasteiger partial charge in [-0.15, -0.1) is 0 Å². The molecule has 1 atom stereocenters. The number of aromatic nitrogens is 2. The minimum Gasteiger partial charge on any atom is -0.327 e. The van der Waals surface area contributed by atoms with E-state index in [9.17, 15) is 9.18 Å². The maximum absolute atomic E-state index is 13.9. The number of carbonyl (C=O) groups excluding carboxylic acids is 1. The van der Waals surface area contributed by atoms with Gasteiger partial charge >= 0.3 is 0 Å². The summed E-state index contributed by atoms with van der Waals surface area (Å²) in [5, 5.41) is 4.79. The average molecular weight is 445 g/mol. The van der Waals surface area contributed by atoms with E-state index >= 15 is 0 Å². The van der Waals surface area contributed by atoms with Crippen LogP contribution in [0.15, 0.2) is 54.6 Å². The number of carbonyl (C=O) groups is 1. The van der Waals surface area contributed by atoms with E-state index in [-0.39, 0.29) is 23.8 Å². The van der Waals surface area contributed by atoms with Crippen LogP contribution in [-0.4, -0.2) is 44.6 Å². The molecular formula is C27H29FN4O. The average Bonchev–Trinajstić information content (AvgIpc) is 3.56. The summed E-state index contributed by atoms with van der Waals surface area (Å²) in [5.74, 6) is 0.503. The van der Waals surface area contributed by atoms with Gasteiger partial charge in [0.15, 0.2) is 0 Å². The first-order chi connectivity index (χ1) is 16.1. The Balaban J connectivity index is 1.24. The Hall–Kier alpha value is -2.99. The summed E-state index contributed by atoms with van der Waals surface area (Å²) in [7, 11) is 0. The van der Waals surface area contributed by atoms with Crippen molar-refractivity contribution in [3.05, 3.63) is 82.9 Å². The number of benzene rings is 2. The van der Waals surface area contributed by atoms with Gasteiger partial charge in [-0.25, -0.2) is 9.07 Å². The van der Waals surface area contributed by atoms with Crippen molar-refractivity contribution in [2.24, 2.45) is 5.92 Å². The molecule has 1 aromatic heterocycles. The summed E-state index contributed by atoms with van der Waals surface area (Å²) < 4.78 is 15.1. The van der Waals surface area contributed by atoms with Crippen LogP contribution in [-0.2, 0) is 6.54 Å². The molecule has 2 aromatic carbocycles. The monoisotopic (exact) mass is 444 g/mol. The van der Waals surface area contributed by atoms with E-state index in [1.165, 1.54) is 25.0 Å². The van der Waals surface area contributed by atoms with Gasteiger partial charge in [0.1, 0.15) is 11.5 Å². The number of hydrogen-bond donors (Lipinski definition) is 0. The molecule has 1 saturated heterocycles. The number of halogens is 1. The van der Waals surface area contributed by atoms with Crippen LogP contribution in [0.4, 0.5) is 4.39 Å². The highest BCUT2D eigenvalue weighted by molar-refractivity contribution is 5.99. The molecule has 1 aliphatic carbocycles. The fourth-order valence-corrected chi connectivity index (χ4v) is 5.71. The van der Waals surface area contributed by atoms with Crippen molar-refractivity contribution in [1.29, 1.82) is 0 Å². The number of para-hydroxylation sites is 1. The topological polar surface area (TPSA) is 41.4 Å². The lowest BCUT2D eigenvalue weighted by molar-refractivity contribution is 0.0448. The second kappa shape index (κ2) is 8.10. The SMILES string of the molecule is Cc1nn(-c2ccccc2)c2c1C(C1CC1)N(C1CCN(Cc3ccc(F)cc3)CC1)C2=O. The van der Waals surface area contributed by atoms with Gasteiger partial charge in [0, 0.05) is 31.2 Å². The van der Waals surface area contributed by atoms with Crippen LogP contribution in [0, 0.1) is 18.7 Å². The molecule has 1 saturated carbocycles. The van der Waals surface area contributed by atoms with Crippen LogP contribution >= 0.6 is 0 Å². The summed E-state index contributed by atoms with van der Waals surface area (Å²) >= 11 is 0. The van der Waals surface area contributed by atoms with E-state index < -0.39 is 0 Å². The number of fused-ring (bicyclic) bond motifs is 1. The first-order valence-electron chi connectivity index (χ1n) is 12.0. The third kappa shape index (κ3) is 3.66. The summed E-state index contributed by atoms with van der Waals surface area (Å²) in [5.41, 5.74) is 4.98. The molecule has 2 aliphatic heterocycles. The van der Waals surface area contributed by atoms with Gasteiger partial charge in [0.25, 0.3) is 5.91 Å². The van der Waals surface area contributed by atoms with Crippen LogP contribution in [0.3, 0.4) is 0 Å². The summed E-state index contributed by atoms with van der Waals surface area (Å²) in [6, 6.07) is 17.2. The lowest BCUT2D eigenvalue weighted by atomic mass is 9.98. The zero-order valence-corrected chi connectivity index (χ0v) is 19.0. The van der Waals surface area contributed by atoms with Gasteiger partial charge < -0.3 is 4.90 Å². The van der Waals surface area contributed by atoms with Gasteiger partial charge in [-0.1, -0.05) is 30.3 Å². The summed E-state index contributed by atoms with van der Waals surface area (Å²) in [6.07, 6.45) is 4.32. The van der Waals surface area contributed by atoms with Crippen molar-refractivity contribution in [1.82, 2.24) is 19.6 Å². The molecule has 0 N–H and O–H groups in total. The Morgan fingerprint density at radius 3 is 2.33 bits per heavy atom. The number of likely N-dealkylation sites (tertiary alicyclic amines) is 1. The Kier molecular flexibility index (Phi) is 5.06. The zero-order chi connectivity index (χ0) is 22.5. The van der Waals surface area contributed by atoms with Crippen molar-refractivity contribution in [2.75, 3.05) is 13.1 Å². The zero-order valence-electron chi connectivity index (χ0n) is 19.0. The van der Waals surface area contributed by atoms with Crippen molar-refractivity contribution < 1.29 is 9.18 Å². The Labute approximate surface area is 193 Å². The van der Waals surface area contributed by atoms with E-state index in [1.54, 1.807) is 0 Å². The van der Waals surface area contributed by atoms with E-state index in [0.717, 1.165) is 60.7 Å². The van der Waals surface area contributed by atoms with E-state index in [1.807, 2.05) is 47.1 Å². The molecule has 1 unspecified atom stereocenters. The molecule has 0 bridgehead atoms. The summed E-state index contributed by atoms with van der Waals surface area (Å²) in [6.45, 7) is 4.78. The van der Waals surface area contributed by atoms with Gasteiger partial charge in [0.2, 0.25) is 0 Å². The number of piperidine rings is 1. The maximum atomic E-state index is 13.9. The molecule has 3 aromatic rings. The minimum absolute atomic E-state index is 0.142. The number of amides is 1. The maximum Gasteiger partial charge on any atom is 0.273 e. The predicted molar refractivity (Wildman–Crippen MR) is 125 cm³/mol. The number of hydrogen-bond acceptors (Lipinski definition) is 3. The van der Waals surface area contributed by atoms with E-state index in [0.29, 0.717) is 5.92 Å². The molecule has 3 aliphatic rings. The fraction of sp³-hybridized carbons (Fsp3) is 0.407. The van der Waals surface area contributed by atoms with Crippen molar-refractivity contribution in [3.8, 4) is 5.69 Å². The smallest absolute Gasteiger partial charge is 0.273 e. The van der Waals surface area contributed by atoms with Crippen LogP contribution < -0.4 is 0 Å². The molecule has 0 radical (unpaired) electrons. The normalized spacial score (nSPS) is 21.6. The standard InChI is InChI=1S/C27H29FN4O/c1-18-24-25(20-9-10-20)31(27(33)26(24)32(29-18)23-5-3-2-4-6-23)22-13-15-30(16-14-22)17-19-7-11-21(28)12-8-19/h2-8,11-12,20,22,25H,9-10,13-17H2,1H3. The Morgan fingerprint density at radius 2 is 1.67 bits per heavy atom. The molecule has 170 valence electrons. The molecule has 5 nitrogen and oxygen atoms in total. The van der Waals surface area contributed by atoms with E-state index in [2.05, 4.69) is 16.7 Å². The van der Waals surface area contributed by atoms with Crippen LogP contribution in [0.25, 0.3) is 5.69 Å². The first-order valence-corrected chi connectivity index (χ1v) is 12.0. The van der Waals surface area contributed by atoms with Crippen molar-refractivity contribution in [3.63, 3.8) is 0 Å². The van der Waals surface area contributed by atoms with Crippen LogP contribution in [0.5, 0.6) is 0 Å². The second-order valence-corrected chi connectivity index (χ2v) is 9.72. The first kappa shape index (κ1) is 20.6. The molecule has 1 amide bonds. The lowest BCUT2D eigenvalue weighted by Crippen LogP contribution is -2.47. The van der Waals surface area contributed by atoms with Gasteiger partial charge in [-0.05, 0) is 68.4 Å². The third-order valence-corrected chi connectivity index (χ3v) is 7.48. The lowest BCUT2D eigenvalue weighted by Gasteiger charge is -2.40. The van der Waals surface area contributed by atoms with Crippen molar-refractivity contribution in [2.45, 2.75) is 51.2 Å². The molecule has 6 heteroatoms. The highest BCUT2D eigenvalue weighted by Crippen LogP contribution is 2.52. The van der Waals surface area contributed by atoms with E-state index in [4.69, 9.17) is 5.10 Å². The minimum atomic E-state index is -0.194. The molecule has 0 spiro atoms. The predicted octanol–water partition coefficient (Wildman–Crippen LogP) is 4.89. The molecule has 2 fully saturated rings. The van der Waals surface area contributed by atoms with Crippen molar-refractivity contribution >= 4 is 5.91 Å². The fourth-order valence-electron chi connectivity index (χ4n) is 5.71. The third-order valence-electron chi connectivity index (χ3n) is 7.48. The molecule has 6 rings (SSSR count). The highest BCUT2D eigenvalue weighted by Gasteiger charge is 2.51.